The van der Waals surface area contributed by atoms with Crippen LogP contribution < -0.4 is 0 Å². The second-order valence-corrected chi connectivity index (χ2v) is 10.8. The van der Waals surface area contributed by atoms with Crippen molar-refractivity contribution in [3.63, 3.8) is 0 Å². The van der Waals surface area contributed by atoms with Crippen molar-refractivity contribution >= 4 is 5.97 Å². The van der Waals surface area contributed by atoms with Gasteiger partial charge in [0.1, 0.15) is 12.0 Å². The standard InChI is InChI=1S/C29H48NO3/c1-3-4-5-6-7-8-9-10-11-15-20-30(2)25-18-19-26(30)22-27(21-25)33-29(32)28(23-31)24-16-13-12-14-17-24/h12-14,16-17,25-28,31H,3-11,15,18-23H2,1-2H3/q+1/t25-,26+,27?,28-,30?/m0/s1. The van der Waals surface area contributed by atoms with Crippen LogP contribution in [0.5, 0.6) is 0 Å². The molecule has 2 saturated heterocycles. The summed E-state index contributed by atoms with van der Waals surface area (Å²) in [5.41, 5.74) is 0.838. The van der Waals surface area contributed by atoms with Gasteiger partial charge in [0.25, 0.3) is 0 Å². The van der Waals surface area contributed by atoms with Crippen molar-refractivity contribution in [2.45, 2.75) is 121 Å². The molecule has 1 aromatic rings. The summed E-state index contributed by atoms with van der Waals surface area (Å²) in [4.78, 5) is 12.8. The first-order valence-electron chi connectivity index (χ1n) is 13.8. The summed E-state index contributed by atoms with van der Waals surface area (Å²) in [5.74, 6) is -0.836. The largest absolute Gasteiger partial charge is 0.461 e. The second-order valence-electron chi connectivity index (χ2n) is 10.8. The molecule has 4 nitrogen and oxygen atoms in total. The van der Waals surface area contributed by atoms with E-state index >= 15 is 0 Å². The Labute approximate surface area is 202 Å². The monoisotopic (exact) mass is 458 g/mol. The van der Waals surface area contributed by atoms with E-state index in [9.17, 15) is 9.90 Å². The average molecular weight is 459 g/mol. The van der Waals surface area contributed by atoms with Gasteiger partial charge in [-0.3, -0.25) is 4.79 Å². The number of fused-ring (bicyclic) bond motifs is 2. The van der Waals surface area contributed by atoms with Crippen LogP contribution in [0, 0.1) is 0 Å². The Kier molecular flexibility index (Phi) is 10.7. The van der Waals surface area contributed by atoms with Gasteiger partial charge in [0, 0.05) is 25.7 Å². The maximum Gasteiger partial charge on any atom is 0.316 e. The van der Waals surface area contributed by atoms with E-state index in [1.807, 2.05) is 30.3 Å². The summed E-state index contributed by atoms with van der Waals surface area (Å²) in [7, 11) is 2.45. The molecule has 0 aliphatic carbocycles. The quantitative estimate of drug-likeness (QED) is 0.189. The number of rotatable bonds is 15. The fraction of sp³-hybridized carbons (Fsp3) is 0.759. The minimum Gasteiger partial charge on any atom is -0.461 e. The number of carbonyl (C=O) groups is 1. The zero-order valence-electron chi connectivity index (χ0n) is 21.2. The van der Waals surface area contributed by atoms with Crippen molar-refractivity contribution in [3.8, 4) is 0 Å². The number of quaternary nitrogens is 1. The molecule has 0 radical (unpaired) electrons. The summed E-state index contributed by atoms with van der Waals surface area (Å²) in [6, 6.07) is 10.8. The molecule has 2 bridgehead atoms. The maximum absolute atomic E-state index is 12.8. The van der Waals surface area contributed by atoms with Crippen LogP contribution in [-0.2, 0) is 9.53 Å². The Bertz CT molecular complexity index is 677. The topological polar surface area (TPSA) is 46.5 Å². The SMILES string of the molecule is CCCCCCCCCCCC[N+]1(C)[C@@H]2CC[C@H]1CC(OC(=O)[C@@H](CO)c1ccccc1)C2. The Morgan fingerprint density at radius 1 is 0.939 bits per heavy atom. The smallest absolute Gasteiger partial charge is 0.316 e. The van der Waals surface area contributed by atoms with E-state index in [4.69, 9.17) is 4.74 Å². The van der Waals surface area contributed by atoms with Gasteiger partial charge in [-0.2, -0.15) is 0 Å². The predicted molar refractivity (Wildman–Crippen MR) is 135 cm³/mol. The predicted octanol–water partition coefficient (Wildman–Crippen LogP) is 6.37. The van der Waals surface area contributed by atoms with E-state index in [2.05, 4.69) is 14.0 Å². The average Bonchev–Trinajstić information content (AvgIpc) is 2.98. The van der Waals surface area contributed by atoms with Crippen LogP contribution >= 0.6 is 0 Å². The number of ether oxygens (including phenoxy) is 1. The van der Waals surface area contributed by atoms with E-state index in [0.29, 0.717) is 12.1 Å². The third kappa shape index (κ3) is 7.29. The van der Waals surface area contributed by atoms with E-state index in [1.165, 1.54) is 88.1 Å². The van der Waals surface area contributed by atoms with Gasteiger partial charge in [-0.15, -0.1) is 0 Å². The van der Waals surface area contributed by atoms with Crippen LogP contribution in [0.3, 0.4) is 0 Å². The number of carbonyl (C=O) groups excluding carboxylic acids is 1. The molecule has 0 aromatic heterocycles. The van der Waals surface area contributed by atoms with Crippen molar-refractivity contribution < 1.29 is 19.1 Å². The Morgan fingerprint density at radius 3 is 2.03 bits per heavy atom. The molecule has 186 valence electrons. The van der Waals surface area contributed by atoms with Crippen molar-refractivity contribution in [2.75, 3.05) is 20.2 Å². The third-order valence-corrected chi connectivity index (χ3v) is 8.52. The zero-order valence-corrected chi connectivity index (χ0v) is 21.2. The summed E-state index contributed by atoms with van der Waals surface area (Å²) in [6.07, 6.45) is 18.3. The summed E-state index contributed by atoms with van der Waals surface area (Å²) < 4.78 is 7.16. The molecule has 1 aromatic carbocycles. The maximum atomic E-state index is 12.8. The lowest BCUT2D eigenvalue weighted by Crippen LogP contribution is -2.59. The van der Waals surface area contributed by atoms with E-state index < -0.39 is 5.92 Å². The number of nitrogens with zero attached hydrogens (tertiary/aromatic N) is 1. The Morgan fingerprint density at radius 2 is 1.48 bits per heavy atom. The molecule has 33 heavy (non-hydrogen) atoms. The number of piperidine rings is 1. The highest BCUT2D eigenvalue weighted by Gasteiger charge is 2.52. The first-order valence-corrected chi connectivity index (χ1v) is 13.8. The first-order chi connectivity index (χ1) is 16.1. The molecule has 1 N–H and O–H groups in total. The van der Waals surface area contributed by atoms with Crippen LogP contribution in [0.1, 0.15) is 108 Å². The molecule has 0 saturated carbocycles. The zero-order chi connectivity index (χ0) is 23.5. The number of hydrogen-bond acceptors (Lipinski definition) is 3. The van der Waals surface area contributed by atoms with Gasteiger partial charge in [-0.1, -0.05) is 88.6 Å². The molecular formula is C29H48NO3+. The lowest BCUT2D eigenvalue weighted by atomic mass is 9.95. The molecule has 2 aliphatic heterocycles. The molecule has 4 heteroatoms. The van der Waals surface area contributed by atoms with Crippen LogP contribution in [0.4, 0.5) is 0 Å². The minimum atomic E-state index is -0.571. The summed E-state index contributed by atoms with van der Waals surface area (Å²) in [5, 5.41) is 9.80. The van der Waals surface area contributed by atoms with Gasteiger partial charge >= 0.3 is 5.97 Å². The lowest BCUT2D eigenvalue weighted by molar-refractivity contribution is -0.949. The highest BCUT2D eigenvalue weighted by molar-refractivity contribution is 5.78. The molecule has 2 fully saturated rings. The van der Waals surface area contributed by atoms with Crippen molar-refractivity contribution in [1.82, 2.24) is 0 Å². The van der Waals surface area contributed by atoms with Crippen LogP contribution in [0.2, 0.25) is 0 Å². The normalized spacial score (nSPS) is 27.4. The van der Waals surface area contributed by atoms with Gasteiger partial charge in [0.05, 0.1) is 32.3 Å². The van der Waals surface area contributed by atoms with Crippen molar-refractivity contribution in [2.24, 2.45) is 0 Å². The lowest BCUT2D eigenvalue weighted by Gasteiger charge is -2.47. The molecule has 0 amide bonds. The van der Waals surface area contributed by atoms with Gasteiger partial charge in [-0.25, -0.2) is 0 Å². The number of benzene rings is 1. The first kappa shape index (κ1) is 26.2. The molecule has 0 spiro atoms. The van der Waals surface area contributed by atoms with Gasteiger partial charge in [0.15, 0.2) is 0 Å². The van der Waals surface area contributed by atoms with Gasteiger partial charge in [0.2, 0.25) is 0 Å². The minimum absolute atomic E-state index is 0.00618. The fourth-order valence-electron chi connectivity index (χ4n) is 6.34. The number of esters is 1. The molecule has 5 atom stereocenters. The van der Waals surface area contributed by atoms with Crippen molar-refractivity contribution in [3.05, 3.63) is 35.9 Å². The fourth-order valence-corrected chi connectivity index (χ4v) is 6.34. The number of aliphatic hydroxyl groups is 1. The highest BCUT2D eigenvalue weighted by Crippen LogP contribution is 2.42. The van der Waals surface area contributed by atoms with E-state index in [0.717, 1.165) is 18.4 Å². The van der Waals surface area contributed by atoms with Crippen LogP contribution in [0.25, 0.3) is 0 Å². The van der Waals surface area contributed by atoms with Gasteiger partial charge in [-0.05, 0) is 18.4 Å². The summed E-state index contributed by atoms with van der Waals surface area (Å²) >= 11 is 0. The van der Waals surface area contributed by atoms with Crippen molar-refractivity contribution in [1.29, 1.82) is 0 Å². The molecule has 2 heterocycles. The second kappa shape index (κ2) is 13.5. The molecule has 3 rings (SSSR count). The Balaban J connectivity index is 1.38. The number of hydrogen-bond donors (Lipinski definition) is 1. The third-order valence-electron chi connectivity index (χ3n) is 8.52. The van der Waals surface area contributed by atoms with E-state index in [1.54, 1.807) is 0 Å². The van der Waals surface area contributed by atoms with E-state index in [-0.39, 0.29) is 18.7 Å². The van der Waals surface area contributed by atoms with Crippen LogP contribution in [-0.4, -0.2) is 53.9 Å². The summed E-state index contributed by atoms with van der Waals surface area (Å²) in [6.45, 7) is 3.35. The van der Waals surface area contributed by atoms with Crippen LogP contribution in [0.15, 0.2) is 30.3 Å². The molecular weight excluding hydrogens is 410 g/mol. The molecule has 2 unspecified atom stereocenters. The highest BCUT2D eigenvalue weighted by atomic mass is 16.5. The van der Waals surface area contributed by atoms with Gasteiger partial charge < -0.3 is 14.3 Å². The molecule has 2 aliphatic rings. The number of aliphatic hydroxyl groups excluding tert-OH is 1. The number of unbranched alkanes of at least 4 members (excludes halogenated alkanes) is 9. The Hall–Kier alpha value is -1.39.